The van der Waals surface area contributed by atoms with Crippen LogP contribution in [-0.4, -0.2) is 9.78 Å². The van der Waals surface area contributed by atoms with Crippen molar-refractivity contribution in [2.24, 2.45) is 7.05 Å². The molecule has 108 valence electrons. The monoisotopic (exact) mass is 294 g/mol. The highest BCUT2D eigenvalue weighted by atomic mass is 19.4. The molecule has 8 heteroatoms. The second-order valence-corrected chi connectivity index (χ2v) is 4.20. The van der Waals surface area contributed by atoms with E-state index in [1.807, 2.05) is 0 Å². The summed E-state index contributed by atoms with van der Waals surface area (Å²) in [4.78, 5) is 0. The Morgan fingerprint density at radius 2 is 1.35 bits per heavy atom. The van der Waals surface area contributed by atoms with Crippen LogP contribution in [0.2, 0.25) is 0 Å². The smallest absolute Gasteiger partial charge is 0.275 e. The van der Waals surface area contributed by atoms with Crippen LogP contribution < -0.4 is 0 Å². The highest BCUT2D eigenvalue weighted by Gasteiger charge is 2.37. The van der Waals surface area contributed by atoms with Gasteiger partial charge in [-0.1, -0.05) is 0 Å². The molecule has 1 aromatic carbocycles. The van der Waals surface area contributed by atoms with Gasteiger partial charge in [-0.05, 0) is 23.8 Å². The maximum Gasteiger partial charge on any atom is 0.416 e. The summed E-state index contributed by atoms with van der Waals surface area (Å²) in [7, 11) is 1.52. The average Bonchev–Trinajstić information content (AvgIpc) is 2.73. The second-order valence-electron chi connectivity index (χ2n) is 4.20. The van der Waals surface area contributed by atoms with Gasteiger partial charge in [-0.25, -0.2) is 0 Å². The Hall–Kier alpha value is -1.99. The molecule has 0 saturated carbocycles. The molecule has 0 fully saturated rings. The zero-order chi connectivity index (χ0) is 15.1. The van der Waals surface area contributed by atoms with Gasteiger partial charge >= 0.3 is 12.4 Å². The molecule has 2 nitrogen and oxygen atoms in total. The highest BCUT2D eigenvalue weighted by Crippen LogP contribution is 2.38. The summed E-state index contributed by atoms with van der Waals surface area (Å²) in [5.74, 6) is 0. The van der Waals surface area contributed by atoms with Crippen molar-refractivity contribution >= 4 is 0 Å². The summed E-state index contributed by atoms with van der Waals surface area (Å²) < 4.78 is 77.3. The topological polar surface area (TPSA) is 17.8 Å². The Balaban J connectivity index is 2.63. The lowest BCUT2D eigenvalue weighted by molar-refractivity contribution is -0.143. The predicted octanol–water partition coefficient (Wildman–Crippen LogP) is 4.12. The Kier molecular flexibility index (Phi) is 3.27. The van der Waals surface area contributed by atoms with Crippen LogP contribution >= 0.6 is 0 Å². The predicted molar refractivity (Wildman–Crippen MR) is 58.6 cm³/mol. The Bertz CT molecular complexity index is 591. The van der Waals surface area contributed by atoms with Gasteiger partial charge in [-0.2, -0.15) is 31.4 Å². The van der Waals surface area contributed by atoms with E-state index in [4.69, 9.17) is 0 Å². The summed E-state index contributed by atoms with van der Waals surface area (Å²) in [6, 6.07) is 1.44. The molecule has 0 unspecified atom stereocenters. The molecule has 0 bridgehead atoms. The fourth-order valence-electron chi connectivity index (χ4n) is 1.69. The number of aryl methyl sites for hydroxylation is 1. The van der Waals surface area contributed by atoms with Crippen molar-refractivity contribution in [2.45, 2.75) is 12.4 Å². The van der Waals surface area contributed by atoms with Gasteiger partial charge in [-0.15, -0.1) is 0 Å². The van der Waals surface area contributed by atoms with E-state index in [1.54, 1.807) is 0 Å². The lowest BCUT2D eigenvalue weighted by Crippen LogP contribution is -2.11. The largest absolute Gasteiger partial charge is 0.416 e. The minimum absolute atomic E-state index is 0.0971. The second kappa shape index (κ2) is 4.53. The molecule has 0 aliphatic rings. The SMILES string of the molecule is Cn1cc(-c2cc(C(F)(F)F)cc(C(F)(F)F)c2)cn1. The number of hydrogen-bond donors (Lipinski definition) is 0. The Morgan fingerprint density at radius 3 is 1.70 bits per heavy atom. The van der Waals surface area contributed by atoms with Crippen LogP contribution in [0.15, 0.2) is 30.6 Å². The normalized spacial score (nSPS) is 12.8. The van der Waals surface area contributed by atoms with Crippen LogP contribution in [0.5, 0.6) is 0 Å². The first kappa shape index (κ1) is 14.4. The summed E-state index contributed by atoms with van der Waals surface area (Å²) >= 11 is 0. The molecule has 0 N–H and O–H groups in total. The van der Waals surface area contributed by atoms with Crippen molar-refractivity contribution in [3.8, 4) is 11.1 Å². The van der Waals surface area contributed by atoms with E-state index in [1.165, 1.54) is 24.1 Å². The Labute approximate surface area is 109 Å². The standard InChI is InChI=1S/C12H8F6N2/c1-20-6-8(5-19-20)7-2-9(11(13,14)15)4-10(3-7)12(16,17)18/h2-6H,1H3. The lowest BCUT2D eigenvalue weighted by atomic mass is 10.0. The third-order valence-electron chi connectivity index (χ3n) is 2.63. The first-order valence-electron chi connectivity index (χ1n) is 5.36. The molecule has 1 heterocycles. The molecule has 2 aromatic rings. The first-order valence-corrected chi connectivity index (χ1v) is 5.36. The molecule has 0 spiro atoms. The molecule has 20 heavy (non-hydrogen) atoms. The van der Waals surface area contributed by atoms with Crippen molar-refractivity contribution in [3.05, 3.63) is 41.7 Å². The van der Waals surface area contributed by atoms with Gasteiger partial charge in [0, 0.05) is 18.8 Å². The van der Waals surface area contributed by atoms with Crippen molar-refractivity contribution in [1.82, 2.24) is 9.78 Å². The van der Waals surface area contributed by atoms with Crippen molar-refractivity contribution in [1.29, 1.82) is 0 Å². The third-order valence-corrected chi connectivity index (χ3v) is 2.63. The van der Waals surface area contributed by atoms with E-state index < -0.39 is 23.5 Å². The minimum Gasteiger partial charge on any atom is -0.275 e. The first-order chi connectivity index (χ1) is 9.07. The van der Waals surface area contributed by atoms with Crippen LogP contribution in [0, 0.1) is 0 Å². The average molecular weight is 294 g/mol. The molecule has 2 rings (SSSR count). The summed E-state index contributed by atoms with van der Waals surface area (Å²) in [5.41, 5.74) is -2.68. The third kappa shape index (κ3) is 2.94. The zero-order valence-electron chi connectivity index (χ0n) is 10.0. The van der Waals surface area contributed by atoms with Crippen LogP contribution in [0.3, 0.4) is 0 Å². The molecule has 0 atom stereocenters. The fourth-order valence-corrected chi connectivity index (χ4v) is 1.69. The molecular weight excluding hydrogens is 286 g/mol. The van der Waals surface area contributed by atoms with Gasteiger partial charge in [0.2, 0.25) is 0 Å². The fraction of sp³-hybridized carbons (Fsp3) is 0.250. The number of halogens is 6. The number of hydrogen-bond acceptors (Lipinski definition) is 1. The lowest BCUT2D eigenvalue weighted by Gasteiger charge is -2.13. The van der Waals surface area contributed by atoms with Gasteiger partial charge < -0.3 is 0 Å². The number of nitrogens with zero attached hydrogens (tertiary/aromatic N) is 2. The number of aromatic nitrogens is 2. The number of benzene rings is 1. The van der Waals surface area contributed by atoms with E-state index in [0.29, 0.717) is 12.1 Å². The van der Waals surface area contributed by atoms with E-state index in [0.717, 1.165) is 0 Å². The number of alkyl halides is 6. The summed E-state index contributed by atoms with van der Waals surface area (Å²) in [6.07, 6.45) is -7.15. The molecular formula is C12H8F6N2. The van der Waals surface area contributed by atoms with Crippen LogP contribution in [0.4, 0.5) is 26.3 Å². The van der Waals surface area contributed by atoms with Crippen molar-refractivity contribution in [2.75, 3.05) is 0 Å². The van der Waals surface area contributed by atoms with Crippen molar-refractivity contribution < 1.29 is 26.3 Å². The van der Waals surface area contributed by atoms with Crippen LogP contribution in [0.25, 0.3) is 11.1 Å². The van der Waals surface area contributed by atoms with Crippen molar-refractivity contribution in [3.63, 3.8) is 0 Å². The van der Waals surface area contributed by atoms with Gasteiger partial charge in [0.05, 0.1) is 17.3 Å². The van der Waals surface area contributed by atoms with E-state index in [-0.39, 0.29) is 17.2 Å². The van der Waals surface area contributed by atoms with E-state index in [2.05, 4.69) is 5.10 Å². The van der Waals surface area contributed by atoms with E-state index >= 15 is 0 Å². The molecule has 0 saturated heterocycles. The van der Waals surface area contributed by atoms with Gasteiger partial charge in [0.25, 0.3) is 0 Å². The molecule has 0 aliphatic heterocycles. The van der Waals surface area contributed by atoms with Crippen LogP contribution in [0.1, 0.15) is 11.1 Å². The summed E-state index contributed by atoms with van der Waals surface area (Å²) in [6.45, 7) is 0. The van der Waals surface area contributed by atoms with Gasteiger partial charge in [-0.3, -0.25) is 4.68 Å². The molecule has 1 aromatic heterocycles. The maximum absolute atomic E-state index is 12.7. The highest BCUT2D eigenvalue weighted by molar-refractivity contribution is 5.64. The minimum atomic E-state index is -4.85. The Morgan fingerprint density at radius 1 is 0.850 bits per heavy atom. The number of rotatable bonds is 1. The quantitative estimate of drug-likeness (QED) is 0.723. The summed E-state index contributed by atoms with van der Waals surface area (Å²) in [5, 5.41) is 3.73. The molecule has 0 radical (unpaired) electrons. The van der Waals surface area contributed by atoms with Gasteiger partial charge in [0.1, 0.15) is 0 Å². The van der Waals surface area contributed by atoms with E-state index in [9.17, 15) is 26.3 Å². The molecule has 0 aliphatic carbocycles. The van der Waals surface area contributed by atoms with Crippen LogP contribution in [-0.2, 0) is 19.4 Å². The maximum atomic E-state index is 12.7. The van der Waals surface area contributed by atoms with Gasteiger partial charge in [0.15, 0.2) is 0 Å². The zero-order valence-corrected chi connectivity index (χ0v) is 10.0. The molecule has 0 amide bonds.